The number of carbonyl (C=O) groups excluding carboxylic acids is 2. The van der Waals surface area contributed by atoms with E-state index in [4.69, 9.17) is 9.15 Å². The lowest BCUT2D eigenvalue weighted by Gasteiger charge is -2.34. The molecule has 2 amide bonds. The lowest BCUT2D eigenvalue weighted by atomic mass is 10.1. The molecule has 1 aliphatic heterocycles. The van der Waals surface area contributed by atoms with E-state index in [-0.39, 0.29) is 23.5 Å². The van der Waals surface area contributed by atoms with Gasteiger partial charge in [-0.05, 0) is 32.9 Å². The van der Waals surface area contributed by atoms with Crippen LogP contribution in [0.3, 0.4) is 0 Å². The SMILES string of the molecule is CCOC(=O)N1CCN(C(=O)C[S@](=O)Cc2nc(-c3ccc(C)cc3)oc2C)CC1. The second-order valence-corrected chi connectivity index (χ2v) is 8.64. The molecule has 0 radical (unpaired) electrons. The zero-order chi connectivity index (χ0) is 21.7. The van der Waals surface area contributed by atoms with Gasteiger partial charge in [0.1, 0.15) is 11.5 Å². The maximum atomic E-state index is 12.6. The zero-order valence-corrected chi connectivity index (χ0v) is 18.4. The van der Waals surface area contributed by atoms with Crippen LogP contribution in [0.4, 0.5) is 4.79 Å². The second kappa shape index (κ2) is 9.88. The van der Waals surface area contributed by atoms with Gasteiger partial charge < -0.3 is 19.0 Å². The van der Waals surface area contributed by atoms with Crippen molar-refractivity contribution in [1.82, 2.24) is 14.8 Å². The Balaban J connectivity index is 1.53. The van der Waals surface area contributed by atoms with Gasteiger partial charge in [-0.3, -0.25) is 9.00 Å². The number of piperazine rings is 1. The van der Waals surface area contributed by atoms with Crippen molar-refractivity contribution >= 4 is 22.8 Å². The third-order valence-electron chi connectivity index (χ3n) is 4.93. The van der Waals surface area contributed by atoms with Crippen molar-refractivity contribution in [2.24, 2.45) is 0 Å². The number of hydrogen-bond donors (Lipinski definition) is 0. The number of carbonyl (C=O) groups is 2. The predicted molar refractivity (Wildman–Crippen MR) is 113 cm³/mol. The number of rotatable bonds is 6. The quantitative estimate of drug-likeness (QED) is 0.695. The van der Waals surface area contributed by atoms with E-state index in [0.717, 1.165) is 11.1 Å². The van der Waals surface area contributed by atoms with E-state index >= 15 is 0 Å². The lowest BCUT2D eigenvalue weighted by molar-refractivity contribution is -0.129. The zero-order valence-electron chi connectivity index (χ0n) is 17.6. The minimum atomic E-state index is -1.40. The van der Waals surface area contributed by atoms with Gasteiger partial charge in [-0.15, -0.1) is 0 Å². The molecule has 0 bridgehead atoms. The molecule has 1 fully saturated rings. The van der Waals surface area contributed by atoms with Gasteiger partial charge in [0.15, 0.2) is 0 Å². The van der Waals surface area contributed by atoms with Gasteiger partial charge in [-0.25, -0.2) is 9.78 Å². The van der Waals surface area contributed by atoms with Gasteiger partial charge in [-0.2, -0.15) is 0 Å². The summed E-state index contributed by atoms with van der Waals surface area (Å²) in [6, 6.07) is 7.82. The predicted octanol–water partition coefficient (Wildman–Crippen LogP) is 2.51. The number of hydrogen-bond acceptors (Lipinski definition) is 6. The van der Waals surface area contributed by atoms with E-state index in [1.54, 1.807) is 23.6 Å². The van der Waals surface area contributed by atoms with Crippen molar-refractivity contribution in [2.45, 2.75) is 26.5 Å². The molecule has 1 aliphatic rings. The van der Waals surface area contributed by atoms with Crippen molar-refractivity contribution in [3.8, 4) is 11.5 Å². The molecule has 0 aliphatic carbocycles. The summed E-state index contributed by atoms with van der Waals surface area (Å²) in [4.78, 5) is 31.9. The van der Waals surface area contributed by atoms with Crippen LogP contribution in [0.5, 0.6) is 0 Å². The maximum Gasteiger partial charge on any atom is 0.409 e. The average molecular weight is 434 g/mol. The van der Waals surface area contributed by atoms with Gasteiger partial charge in [0, 0.05) is 42.5 Å². The standard InChI is InChI=1S/C21H27N3O5S/c1-4-28-21(26)24-11-9-23(10-12-24)19(25)14-30(27)13-18-16(3)29-20(22-18)17-7-5-15(2)6-8-17/h5-8H,4,9-14H2,1-3H3/t30-/m1/s1. The van der Waals surface area contributed by atoms with Crippen LogP contribution < -0.4 is 0 Å². The third-order valence-corrected chi connectivity index (χ3v) is 6.10. The summed E-state index contributed by atoms with van der Waals surface area (Å²) in [5.74, 6) is 0.994. The van der Waals surface area contributed by atoms with E-state index in [2.05, 4.69) is 4.98 Å². The minimum Gasteiger partial charge on any atom is -0.450 e. The number of aryl methyl sites for hydroxylation is 2. The molecule has 2 heterocycles. The van der Waals surface area contributed by atoms with Gasteiger partial charge in [0.2, 0.25) is 11.8 Å². The highest BCUT2D eigenvalue weighted by atomic mass is 32.2. The van der Waals surface area contributed by atoms with Gasteiger partial charge in [0.25, 0.3) is 0 Å². The maximum absolute atomic E-state index is 12.6. The Morgan fingerprint density at radius 1 is 1.10 bits per heavy atom. The van der Waals surface area contributed by atoms with Crippen LogP contribution in [0.15, 0.2) is 28.7 Å². The molecule has 0 N–H and O–H groups in total. The Morgan fingerprint density at radius 3 is 2.37 bits per heavy atom. The fourth-order valence-electron chi connectivity index (χ4n) is 3.17. The average Bonchev–Trinajstić information content (AvgIpc) is 3.08. The summed E-state index contributed by atoms with van der Waals surface area (Å²) >= 11 is 0. The third kappa shape index (κ3) is 5.47. The van der Waals surface area contributed by atoms with Crippen molar-refractivity contribution in [3.63, 3.8) is 0 Å². The molecule has 0 saturated carbocycles. The Hall–Kier alpha value is -2.68. The fraction of sp³-hybridized carbons (Fsp3) is 0.476. The molecule has 162 valence electrons. The molecule has 1 saturated heterocycles. The number of benzene rings is 1. The first-order chi connectivity index (χ1) is 14.4. The van der Waals surface area contributed by atoms with E-state index in [1.165, 1.54) is 0 Å². The van der Waals surface area contributed by atoms with Crippen LogP contribution >= 0.6 is 0 Å². The van der Waals surface area contributed by atoms with Crippen LogP contribution in [-0.2, 0) is 26.1 Å². The number of aromatic nitrogens is 1. The highest BCUT2D eigenvalue weighted by Gasteiger charge is 2.26. The number of nitrogens with zero attached hydrogens (tertiary/aromatic N) is 3. The smallest absolute Gasteiger partial charge is 0.409 e. The minimum absolute atomic E-state index is 0.0778. The highest BCUT2D eigenvalue weighted by molar-refractivity contribution is 7.84. The Kier molecular flexibility index (Phi) is 7.25. The normalized spacial score (nSPS) is 15.2. The molecule has 0 spiro atoms. The molecule has 30 heavy (non-hydrogen) atoms. The molecule has 1 aromatic carbocycles. The summed E-state index contributed by atoms with van der Waals surface area (Å²) in [7, 11) is -1.40. The second-order valence-electron chi connectivity index (χ2n) is 7.18. The van der Waals surface area contributed by atoms with Crippen LogP contribution in [0.25, 0.3) is 11.5 Å². The number of oxazole rings is 1. The summed E-state index contributed by atoms with van der Waals surface area (Å²) < 4.78 is 23.3. The van der Waals surface area contributed by atoms with Crippen molar-refractivity contribution in [1.29, 1.82) is 0 Å². The summed E-state index contributed by atoms with van der Waals surface area (Å²) in [5, 5.41) is 0. The molecule has 8 nitrogen and oxygen atoms in total. The molecule has 2 aromatic rings. The first kappa shape index (κ1) is 22.0. The van der Waals surface area contributed by atoms with Crippen LogP contribution in [0.1, 0.15) is 23.9 Å². The van der Waals surface area contributed by atoms with Crippen LogP contribution in [0, 0.1) is 13.8 Å². The first-order valence-electron chi connectivity index (χ1n) is 9.95. The Morgan fingerprint density at radius 2 is 1.73 bits per heavy atom. The van der Waals surface area contributed by atoms with E-state index < -0.39 is 10.8 Å². The lowest BCUT2D eigenvalue weighted by Crippen LogP contribution is -2.51. The van der Waals surface area contributed by atoms with Gasteiger partial charge >= 0.3 is 6.09 Å². The van der Waals surface area contributed by atoms with Crippen molar-refractivity contribution < 1.29 is 23.0 Å². The first-order valence-corrected chi connectivity index (χ1v) is 11.4. The molecule has 1 aromatic heterocycles. The largest absolute Gasteiger partial charge is 0.450 e. The molecular weight excluding hydrogens is 406 g/mol. The molecule has 0 unspecified atom stereocenters. The van der Waals surface area contributed by atoms with E-state index in [1.807, 2.05) is 31.2 Å². The monoisotopic (exact) mass is 433 g/mol. The fourth-order valence-corrected chi connectivity index (χ4v) is 4.30. The summed E-state index contributed by atoms with van der Waals surface area (Å²) in [6.45, 7) is 7.53. The Labute approximate surface area is 178 Å². The number of amides is 2. The summed E-state index contributed by atoms with van der Waals surface area (Å²) in [5.41, 5.74) is 2.60. The highest BCUT2D eigenvalue weighted by Crippen LogP contribution is 2.23. The molecule has 1 atom stereocenters. The number of ether oxygens (including phenoxy) is 1. The molecular formula is C21H27N3O5S. The van der Waals surface area contributed by atoms with Gasteiger partial charge in [0.05, 0.1) is 18.1 Å². The van der Waals surface area contributed by atoms with Crippen molar-refractivity contribution in [2.75, 3.05) is 38.5 Å². The molecule has 3 rings (SSSR count). The van der Waals surface area contributed by atoms with Crippen LogP contribution in [0.2, 0.25) is 0 Å². The van der Waals surface area contributed by atoms with E-state index in [0.29, 0.717) is 50.1 Å². The Bertz CT molecular complexity index is 917. The van der Waals surface area contributed by atoms with E-state index in [9.17, 15) is 13.8 Å². The topological polar surface area (TPSA) is 93.0 Å². The van der Waals surface area contributed by atoms with Crippen LogP contribution in [-0.4, -0.2) is 69.5 Å². The summed E-state index contributed by atoms with van der Waals surface area (Å²) in [6.07, 6.45) is -0.362. The van der Waals surface area contributed by atoms with Crippen molar-refractivity contribution in [3.05, 3.63) is 41.3 Å². The van der Waals surface area contributed by atoms with Gasteiger partial charge in [-0.1, -0.05) is 17.7 Å². The molecule has 9 heteroatoms.